The van der Waals surface area contributed by atoms with Crippen LogP contribution in [0.25, 0.3) is 0 Å². The van der Waals surface area contributed by atoms with E-state index in [1.165, 1.54) is 49.7 Å². The van der Waals surface area contributed by atoms with Crippen LogP contribution in [0.5, 0.6) is 0 Å². The summed E-state index contributed by atoms with van der Waals surface area (Å²) in [6.07, 6.45) is 10.7. The van der Waals surface area contributed by atoms with Gasteiger partial charge >= 0.3 is 0 Å². The van der Waals surface area contributed by atoms with Gasteiger partial charge in [0.15, 0.2) is 0 Å². The largest absolute Gasteiger partial charge is 0.366 e. The highest BCUT2D eigenvalue weighted by Crippen LogP contribution is 2.27. The Kier molecular flexibility index (Phi) is 16.0. The van der Waals surface area contributed by atoms with Crippen molar-refractivity contribution >= 4 is 29.3 Å². The number of rotatable bonds is 8. The molecule has 0 aromatic heterocycles. The van der Waals surface area contributed by atoms with Gasteiger partial charge in [0.25, 0.3) is 0 Å². The van der Waals surface area contributed by atoms with Crippen molar-refractivity contribution in [1.82, 2.24) is 10.2 Å². The molecular formula is C45H64ClN3O3. The standard InChI is InChI=1S/2C17H25NO.C11H14ClNO/c1-17(2,3)14-8-6-7-13(11-14)12-16(19)18-15-9-4-5-10-15;1-13(2)15-8-6-7-14(11-15)12-17(19)18(3)16-9-4-5-10-16;1-11(2,3)8-4-7(10(13)14)5-9(12)6-8/h6-8,11,15H,4-5,9-10,12H2,1-3H3,(H,18,19);6-8,11,13,16H,4-5,9-10,12H2,1-3H3;4-6H,1-3H3,(H2,13,14). The molecule has 0 atom stereocenters. The van der Waals surface area contributed by atoms with Gasteiger partial charge in [0.05, 0.1) is 12.8 Å². The lowest BCUT2D eigenvalue weighted by molar-refractivity contribution is -0.131. The minimum Gasteiger partial charge on any atom is -0.366 e. The molecule has 5 rings (SSSR count). The summed E-state index contributed by atoms with van der Waals surface area (Å²) in [5, 5.41) is 3.69. The van der Waals surface area contributed by atoms with E-state index in [0.29, 0.717) is 41.4 Å². The van der Waals surface area contributed by atoms with E-state index in [-0.39, 0.29) is 22.6 Å². The number of primary amides is 1. The Labute approximate surface area is 319 Å². The van der Waals surface area contributed by atoms with E-state index in [0.717, 1.165) is 29.5 Å². The highest BCUT2D eigenvalue weighted by Gasteiger charge is 2.23. The lowest BCUT2D eigenvalue weighted by Crippen LogP contribution is -2.36. The number of nitrogens with one attached hydrogen (secondary N) is 1. The Balaban J connectivity index is 0.000000213. The molecule has 0 bridgehead atoms. The van der Waals surface area contributed by atoms with E-state index in [2.05, 4.69) is 103 Å². The number of hydrogen-bond donors (Lipinski definition) is 2. The van der Waals surface area contributed by atoms with Gasteiger partial charge in [-0.3, -0.25) is 14.4 Å². The highest BCUT2D eigenvalue weighted by molar-refractivity contribution is 6.31. The fourth-order valence-electron chi connectivity index (χ4n) is 6.70. The van der Waals surface area contributed by atoms with Crippen LogP contribution in [0.4, 0.5) is 0 Å². The topological polar surface area (TPSA) is 92.5 Å². The van der Waals surface area contributed by atoms with Gasteiger partial charge < -0.3 is 16.0 Å². The Morgan fingerprint density at radius 2 is 1.33 bits per heavy atom. The lowest BCUT2D eigenvalue weighted by Gasteiger charge is -2.24. The summed E-state index contributed by atoms with van der Waals surface area (Å²) in [6.45, 7) is 17.1. The second-order valence-electron chi connectivity index (χ2n) is 17.0. The second-order valence-corrected chi connectivity index (χ2v) is 17.5. The number of carbonyl (C=O) groups is 3. The normalized spacial score (nSPS) is 15.0. The quantitative estimate of drug-likeness (QED) is 0.242. The van der Waals surface area contributed by atoms with Gasteiger partial charge in [-0.15, -0.1) is 0 Å². The van der Waals surface area contributed by atoms with Crippen LogP contribution in [-0.2, 0) is 33.3 Å². The highest BCUT2D eigenvalue weighted by atomic mass is 35.5. The molecule has 0 heterocycles. The summed E-state index contributed by atoms with van der Waals surface area (Å²) in [4.78, 5) is 37.3. The van der Waals surface area contributed by atoms with Gasteiger partial charge in [0.1, 0.15) is 0 Å². The molecule has 0 saturated heterocycles. The van der Waals surface area contributed by atoms with E-state index in [1.54, 1.807) is 12.1 Å². The first-order valence-corrected chi connectivity index (χ1v) is 19.6. The maximum absolute atomic E-state index is 12.3. The molecule has 3 N–H and O–H groups in total. The summed E-state index contributed by atoms with van der Waals surface area (Å²) in [7, 11) is 1.96. The van der Waals surface area contributed by atoms with Crippen LogP contribution >= 0.6 is 11.6 Å². The summed E-state index contributed by atoms with van der Waals surface area (Å²) in [5.74, 6) is 0.492. The maximum Gasteiger partial charge on any atom is 0.248 e. The predicted molar refractivity (Wildman–Crippen MR) is 217 cm³/mol. The first kappa shape index (κ1) is 42.8. The van der Waals surface area contributed by atoms with Crippen molar-refractivity contribution in [3.8, 4) is 0 Å². The Bertz CT molecular complexity index is 1620. The summed E-state index contributed by atoms with van der Waals surface area (Å²) in [5.41, 5.74) is 11.6. The van der Waals surface area contributed by atoms with Crippen molar-refractivity contribution in [2.45, 2.75) is 148 Å². The molecule has 2 aliphatic rings. The lowest BCUT2D eigenvalue weighted by atomic mass is 9.86. The molecule has 2 saturated carbocycles. The minimum atomic E-state index is -0.446. The predicted octanol–water partition coefficient (Wildman–Crippen LogP) is 10.1. The summed E-state index contributed by atoms with van der Waals surface area (Å²) in [6, 6.07) is 22.9. The number of hydrogen-bond acceptors (Lipinski definition) is 3. The van der Waals surface area contributed by atoms with Crippen LogP contribution in [-0.4, -0.2) is 41.8 Å². The molecule has 3 aromatic carbocycles. The zero-order chi connectivity index (χ0) is 38.6. The summed E-state index contributed by atoms with van der Waals surface area (Å²) >= 11 is 5.89. The number of carbonyl (C=O) groups excluding carboxylic acids is 3. The molecule has 0 radical (unpaired) electrons. The Morgan fingerprint density at radius 1 is 0.769 bits per heavy atom. The average Bonchev–Trinajstić information content (AvgIpc) is 3.79. The molecule has 0 aliphatic heterocycles. The number of halogens is 1. The number of nitrogens with zero attached hydrogens (tertiary/aromatic N) is 1. The second kappa shape index (κ2) is 19.4. The van der Waals surface area contributed by atoms with Crippen molar-refractivity contribution in [2.75, 3.05) is 7.05 Å². The SMILES string of the molecule is CC(C)(C)c1cc(Cl)cc(C(N)=O)c1.CC(C)(C)c1cccc(CC(=O)NC2CCCC2)c1.CC(C)c1cccc(CC(=O)N(C)C2CCCC2)c1. The third-order valence-corrected chi connectivity index (χ3v) is 10.4. The third-order valence-electron chi connectivity index (χ3n) is 10.2. The van der Waals surface area contributed by atoms with Gasteiger partial charge in [-0.25, -0.2) is 0 Å². The molecule has 52 heavy (non-hydrogen) atoms. The average molecular weight is 730 g/mol. The fraction of sp³-hybridized carbons (Fsp3) is 0.533. The zero-order valence-electron chi connectivity index (χ0n) is 33.3. The molecular weight excluding hydrogens is 666 g/mol. The molecule has 0 unspecified atom stereocenters. The third kappa shape index (κ3) is 14.1. The smallest absolute Gasteiger partial charge is 0.248 e. The Hall–Kier alpha value is -3.64. The van der Waals surface area contributed by atoms with Gasteiger partial charge in [0, 0.05) is 29.7 Å². The zero-order valence-corrected chi connectivity index (χ0v) is 34.0. The van der Waals surface area contributed by atoms with Gasteiger partial charge in [0.2, 0.25) is 17.7 Å². The number of amides is 3. The van der Waals surface area contributed by atoms with Crippen LogP contribution < -0.4 is 11.1 Å². The van der Waals surface area contributed by atoms with E-state index < -0.39 is 5.91 Å². The molecule has 0 spiro atoms. The van der Waals surface area contributed by atoms with Crippen LogP contribution in [0.1, 0.15) is 151 Å². The van der Waals surface area contributed by atoms with Crippen molar-refractivity contribution in [3.05, 3.63) is 105 Å². The molecule has 284 valence electrons. The van der Waals surface area contributed by atoms with Crippen molar-refractivity contribution in [1.29, 1.82) is 0 Å². The summed E-state index contributed by atoms with van der Waals surface area (Å²) < 4.78 is 0. The first-order chi connectivity index (χ1) is 24.3. The van der Waals surface area contributed by atoms with Gasteiger partial charge in [-0.1, -0.05) is 141 Å². The van der Waals surface area contributed by atoms with Crippen molar-refractivity contribution in [3.63, 3.8) is 0 Å². The van der Waals surface area contributed by atoms with E-state index >= 15 is 0 Å². The first-order valence-electron chi connectivity index (χ1n) is 19.2. The number of likely N-dealkylation sites (N-methyl/N-ethyl adjacent to an activating group) is 1. The van der Waals surface area contributed by atoms with Gasteiger partial charge in [-0.2, -0.15) is 0 Å². The molecule has 7 heteroatoms. The molecule has 6 nitrogen and oxygen atoms in total. The van der Waals surface area contributed by atoms with E-state index in [1.807, 2.05) is 24.1 Å². The van der Waals surface area contributed by atoms with Crippen LogP contribution in [0.2, 0.25) is 5.02 Å². The number of benzene rings is 3. The van der Waals surface area contributed by atoms with E-state index in [4.69, 9.17) is 17.3 Å². The molecule has 2 fully saturated rings. The molecule has 2 aliphatic carbocycles. The maximum atomic E-state index is 12.3. The van der Waals surface area contributed by atoms with Crippen molar-refractivity contribution < 1.29 is 14.4 Å². The monoisotopic (exact) mass is 729 g/mol. The fourth-order valence-corrected chi connectivity index (χ4v) is 6.94. The van der Waals surface area contributed by atoms with Crippen molar-refractivity contribution in [2.24, 2.45) is 5.73 Å². The van der Waals surface area contributed by atoms with Crippen LogP contribution in [0, 0.1) is 0 Å². The molecule has 3 aromatic rings. The minimum absolute atomic E-state index is 0.0326. The number of nitrogens with two attached hydrogens (primary N) is 1. The van der Waals surface area contributed by atoms with Crippen LogP contribution in [0.15, 0.2) is 66.7 Å². The van der Waals surface area contributed by atoms with Crippen LogP contribution in [0.3, 0.4) is 0 Å². The van der Waals surface area contributed by atoms with E-state index in [9.17, 15) is 14.4 Å². The Morgan fingerprint density at radius 3 is 1.88 bits per heavy atom. The molecule has 3 amide bonds. The van der Waals surface area contributed by atoms with Gasteiger partial charge in [-0.05, 0) is 88.4 Å².